The molecule has 1 aromatic heterocycles. The molecule has 0 saturated carbocycles. The lowest BCUT2D eigenvalue weighted by molar-refractivity contribution is 0.182. The molecule has 1 aromatic carbocycles. The van der Waals surface area contributed by atoms with Crippen LogP contribution in [-0.4, -0.2) is 12.2 Å². The van der Waals surface area contributed by atoms with Gasteiger partial charge in [0.25, 0.3) is 0 Å². The SMILES string of the molecule is CCc1ccc(CC(O)c2cc(OC)cs2)cc1. The summed E-state index contributed by atoms with van der Waals surface area (Å²) >= 11 is 1.53. The highest BCUT2D eigenvalue weighted by Crippen LogP contribution is 2.28. The Morgan fingerprint density at radius 1 is 1.22 bits per heavy atom. The summed E-state index contributed by atoms with van der Waals surface area (Å²) in [6, 6.07) is 10.3. The van der Waals surface area contributed by atoms with E-state index in [-0.39, 0.29) is 0 Å². The lowest BCUT2D eigenvalue weighted by Crippen LogP contribution is -1.99. The second-order valence-electron chi connectivity index (χ2n) is 4.28. The largest absolute Gasteiger partial charge is 0.496 e. The molecule has 0 radical (unpaired) electrons. The molecule has 2 rings (SSSR count). The van der Waals surface area contributed by atoms with Gasteiger partial charge in [0.1, 0.15) is 5.75 Å². The van der Waals surface area contributed by atoms with Crippen molar-refractivity contribution >= 4 is 11.3 Å². The molecule has 1 atom stereocenters. The van der Waals surface area contributed by atoms with E-state index in [0.29, 0.717) is 6.42 Å². The highest BCUT2D eigenvalue weighted by Gasteiger charge is 2.11. The van der Waals surface area contributed by atoms with Crippen LogP contribution in [0.2, 0.25) is 0 Å². The molecule has 0 bridgehead atoms. The van der Waals surface area contributed by atoms with E-state index < -0.39 is 6.10 Å². The van der Waals surface area contributed by atoms with Crippen molar-refractivity contribution in [2.45, 2.75) is 25.9 Å². The number of aryl methyl sites for hydroxylation is 1. The fourth-order valence-electron chi connectivity index (χ4n) is 1.85. The van der Waals surface area contributed by atoms with Crippen LogP contribution in [0.5, 0.6) is 5.75 Å². The minimum atomic E-state index is -0.452. The number of rotatable bonds is 5. The summed E-state index contributed by atoms with van der Waals surface area (Å²) in [5.41, 5.74) is 2.48. The average molecular weight is 262 g/mol. The van der Waals surface area contributed by atoms with Gasteiger partial charge in [-0.1, -0.05) is 31.2 Å². The molecule has 1 unspecified atom stereocenters. The molecule has 1 N–H and O–H groups in total. The van der Waals surface area contributed by atoms with Gasteiger partial charge in [-0.25, -0.2) is 0 Å². The van der Waals surface area contributed by atoms with Crippen molar-refractivity contribution in [3.63, 3.8) is 0 Å². The van der Waals surface area contributed by atoms with E-state index in [0.717, 1.165) is 22.6 Å². The van der Waals surface area contributed by atoms with Gasteiger partial charge in [-0.15, -0.1) is 11.3 Å². The van der Waals surface area contributed by atoms with Crippen LogP contribution < -0.4 is 4.74 Å². The molecule has 96 valence electrons. The molecule has 0 aliphatic rings. The summed E-state index contributed by atoms with van der Waals surface area (Å²) < 4.78 is 5.12. The van der Waals surface area contributed by atoms with E-state index in [1.165, 1.54) is 16.9 Å². The number of hydrogen-bond acceptors (Lipinski definition) is 3. The van der Waals surface area contributed by atoms with Gasteiger partial charge >= 0.3 is 0 Å². The van der Waals surface area contributed by atoms with Crippen molar-refractivity contribution in [1.82, 2.24) is 0 Å². The fraction of sp³-hybridized carbons (Fsp3) is 0.333. The Labute approximate surface area is 112 Å². The maximum absolute atomic E-state index is 10.2. The van der Waals surface area contributed by atoms with Gasteiger partial charge in [-0.2, -0.15) is 0 Å². The molecule has 0 aliphatic heterocycles. The van der Waals surface area contributed by atoms with Crippen LogP contribution in [-0.2, 0) is 12.8 Å². The Hall–Kier alpha value is -1.32. The zero-order valence-corrected chi connectivity index (χ0v) is 11.5. The number of aliphatic hydroxyl groups excluding tert-OH is 1. The fourth-order valence-corrected chi connectivity index (χ4v) is 2.69. The Balaban J connectivity index is 2.03. The molecular formula is C15H18O2S. The molecule has 0 fully saturated rings. The van der Waals surface area contributed by atoms with Gasteiger partial charge in [0.15, 0.2) is 0 Å². The highest BCUT2D eigenvalue weighted by molar-refractivity contribution is 7.10. The van der Waals surface area contributed by atoms with Crippen LogP contribution in [0.25, 0.3) is 0 Å². The Bertz CT molecular complexity index is 487. The maximum Gasteiger partial charge on any atom is 0.129 e. The van der Waals surface area contributed by atoms with Crippen LogP contribution in [0.15, 0.2) is 35.7 Å². The summed E-state index contributed by atoms with van der Waals surface area (Å²) in [5, 5.41) is 12.1. The first-order valence-electron chi connectivity index (χ1n) is 6.11. The van der Waals surface area contributed by atoms with Crippen LogP contribution in [0.1, 0.15) is 29.0 Å². The molecule has 0 saturated heterocycles. The first-order chi connectivity index (χ1) is 8.72. The summed E-state index contributed by atoms with van der Waals surface area (Å²) in [5.74, 6) is 0.815. The van der Waals surface area contributed by atoms with Crippen molar-refractivity contribution in [2.75, 3.05) is 7.11 Å². The lowest BCUT2D eigenvalue weighted by atomic mass is 10.0. The normalized spacial score (nSPS) is 12.4. The number of aliphatic hydroxyl groups is 1. The predicted octanol–water partition coefficient (Wildman–Crippen LogP) is 3.60. The molecule has 2 aromatic rings. The van der Waals surface area contributed by atoms with E-state index >= 15 is 0 Å². The molecule has 3 heteroatoms. The van der Waals surface area contributed by atoms with E-state index in [4.69, 9.17) is 4.74 Å². The van der Waals surface area contributed by atoms with Gasteiger partial charge < -0.3 is 9.84 Å². The summed E-state index contributed by atoms with van der Waals surface area (Å²) in [4.78, 5) is 0.950. The van der Waals surface area contributed by atoms with Gasteiger partial charge in [0.05, 0.1) is 13.2 Å². The number of ether oxygens (including phenoxy) is 1. The van der Waals surface area contributed by atoms with Crippen molar-refractivity contribution < 1.29 is 9.84 Å². The van der Waals surface area contributed by atoms with Gasteiger partial charge in [-0.05, 0) is 23.6 Å². The van der Waals surface area contributed by atoms with E-state index in [2.05, 4.69) is 31.2 Å². The first kappa shape index (κ1) is 13.1. The van der Waals surface area contributed by atoms with Crippen molar-refractivity contribution in [2.24, 2.45) is 0 Å². The topological polar surface area (TPSA) is 29.5 Å². The van der Waals surface area contributed by atoms with Crippen LogP contribution in [0, 0.1) is 0 Å². The van der Waals surface area contributed by atoms with Gasteiger partial charge in [-0.3, -0.25) is 0 Å². The van der Waals surface area contributed by atoms with Gasteiger partial charge in [0.2, 0.25) is 0 Å². The highest BCUT2D eigenvalue weighted by atomic mass is 32.1. The van der Waals surface area contributed by atoms with Crippen LogP contribution in [0.3, 0.4) is 0 Å². The average Bonchev–Trinajstić information content (AvgIpc) is 2.88. The minimum absolute atomic E-state index is 0.452. The zero-order valence-electron chi connectivity index (χ0n) is 10.7. The molecule has 0 spiro atoms. The standard InChI is InChI=1S/C15H18O2S/c1-3-11-4-6-12(7-5-11)8-14(16)15-9-13(17-2)10-18-15/h4-7,9-10,14,16H,3,8H2,1-2H3. The minimum Gasteiger partial charge on any atom is -0.496 e. The number of benzene rings is 1. The second kappa shape index (κ2) is 6.03. The Kier molecular flexibility index (Phi) is 4.39. The quantitative estimate of drug-likeness (QED) is 0.892. The third-order valence-corrected chi connectivity index (χ3v) is 4.03. The Morgan fingerprint density at radius 2 is 1.89 bits per heavy atom. The third-order valence-electron chi connectivity index (χ3n) is 3.02. The molecule has 1 heterocycles. The molecule has 2 nitrogen and oxygen atoms in total. The van der Waals surface area contributed by atoms with Crippen LogP contribution >= 0.6 is 11.3 Å². The van der Waals surface area contributed by atoms with Crippen LogP contribution in [0.4, 0.5) is 0 Å². The summed E-state index contributed by atoms with van der Waals surface area (Å²) in [6.45, 7) is 2.14. The third kappa shape index (κ3) is 3.12. The van der Waals surface area contributed by atoms with E-state index in [1.54, 1.807) is 7.11 Å². The van der Waals surface area contributed by atoms with E-state index in [1.807, 2.05) is 11.4 Å². The van der Waals surface area contributed by atoms with Crippen molar-refractivity contribution in [1.29, 1.82) is 0 Å². The van der Waals surface area contributed by atoms with Gasteiger partial charge in [0, 0.05) is 16.7 Å². The number of hydrogen-bond donors (Lipinski definition) is 1. The molecule has 18 heavy (non-hydrogen) atoms. The monoisotopic (exact) mass is 262 g/mol. The zero-order chi connectivity index (χ0) is 13.0. The molecule has 0 aliphatic carbocycles. The molecule has 0 amide bonds. The van der Waals surface area contributed by atoms with E-state index in [9.17, 15) is 5.11 Å². The number of methoxy groups -OCH3 is 1. The van der Waals surface area contributed by atoms with Crippen molar-refractivity contribution in [3.05, 3.63) is 51.7 Å². The maximum atomic E-state index is 10.2. The number of thiophene rings is 1. The lowest BCUT2D eigenvalue weighted by Gasteiger charge is -2.09. The second-order valence-corrected chi connectivity index (χ2v) is 5.22. The molecular weight excluding hydrogens is 244 g/mol. The Morgan fingerprint density at radius 3 is 2.44 bits per heavy atom. The van der Waals surface area contributed by atoms with Crippen molar-refractivity contribution in [3.8, 4) is 5.75 Å². The predicted molar refractivity (Wildman–Crippen MR) is 75.4 cm³/mol. The first-order valence-corrected chi connectivity index (χ1v) is 6.99. The summed E-state index contributed by atoms with van der Waals surface area (Å²) in [7, 11) is 1.64. The summed E-state index contributed by atoms with van der Waals surface area (Å²) in [6.07, 6.45) is 1.24. The smallest absolute Gasteiger partial charge is 0.129 e.